The SMILES string of the molecule is CC(C)(C)c1cc(-c2cc3cnc(-c4ccccc4)cc3o2)cc(C(C)(C)C)c1. The van der Waals surface area contributed by atoms with Crippen molar-refractivity contribution in [1.82, 2.24) is 4.98 Å². The predicted molar refractivity (Wildman–Crippen MR) is 122 cm³/mol. The summed E-state index contributed by atoms with van der Waals surface area (Å²) in [6, 6.07) is 21.2. The lowest BCUT2D eigenvalue weighted by atomic mass is 9.79. The summed E-state index contributed by atoms with van der Waals surface area (Å²) in [6.07, 6.45) is 1.91. The van der Waals surface area contributed by atoms with Crippen molar-refractivity contribution in [3.63, 3.8) is 0 Å². The van der Waals surface area contributed by atoms with E-state index < -0.39 is 0 Å². The van der Waals surface area contributed by atoms with Gasteiger partial charge in [-0.05, 0) is 40.2 Å². The maximum atomic E-state index is 6.31. The summed E-state index contributed by atoms with van der Waals surface area (Å²) < 4.78 is 6.31. The molecule has 2 nitrogen and oxygen atoms in total. The molecule has 0 N–H and O–H groups in total. The van der Waals surface area contributed by atoms with E-state index in [0.29, 0.717) is 0 Å². The van der Waals surface area contributed by atoms with Crippen molar-refractivity contribution >= 4 is 11.0 Å². The molecule has 0 saturated carbocycles. The lowest BCUT2D eigenvalue weighted by Crippen LogP contribution is -2.16. The molecule has 0 bridgehead atoms. The standard InChI is InChI=1S/C27H29NO/c1-26(2,3)21-12-19(13-22(15-21)27(4,5)6)24-14-20-17-28-23(16-25(20)29-24)18-10-8-7-9-11-18/h7-17H,1-6H3. The Bertz CT molecular complexity index is 1120. The first-order valence-corrected chi connectivity index (χ1v) is 10.2. The Kier molecular flexibility index (Phi) is 4.61. The Morgan fingerprint density at radius 2 is 1.31 bits per heavy atom. The summed E-state index contributed by atoms with van der Waals surface area (Å²) in [5, 5.41) is 1.03. The van der Waals surface area contributed by atoms with E-state index >= 15 is 0 Å². The van der Waals surface area contributed by atoms with Crippen molar-refractivity contribution in [2.75, 3.05) is 0 Å². The zero-order valence-corrected chi connectivity index (χ0v) is 18.2. The molecule has 0 radical (unpaired) electrons. The fraction of sp³-hybridized carbons (Fsp3) is 0.296. The molecule has 0 spiro atoms. The Balaban J connectivity index is 1.84. The number of fused-ring (bicyclic) bond motifs is 1. The van der Waals surface area contributed by atoms with E-state index in [1.54, 1.807) is 0 Å². The lowest BCUT2D eigenvalue weighted by Gasteiger charge is -2.26. The molecule has 0 aliphatic carbocycles. The molecule has 2 aromatic heterocycles. The molecule has 29 heavy (non-hydrogen) atoms. The molecule has 4 aromatic rings. The van der Waals surface area contributed by atoms with Crippen LogP contribution in [0.25, 0.3) is 33.6 Å². The third kappa shape index (κ3) is 3.98. The molecule has 0 unspecified atom stereocenters. The van der Waals surface area contributed by atoms with Crippen molar-refractivity contribution < 1.29 is 4.42 Å². The summed E-state index contributed by atoms with van der Waals surface area (Å²) >= 11 is 0. The zero-order valence-electron chi connectivity index (χ0n) is 18.2. The first-order chi connectivity index (χ1) is 13.6. The number of nitrogens with zero attached hydrogens (tertiary/aromatic N) is 1. The largest absolute Gasteiger partial charge is 0.456 e. The van der Waals surface area contributed by atoms with E-state index in [1.807, 2.05) is 30.5 Å². The quantitative estimate of drug-likeness (QED) is 0.353. The molecule has 0 aliphatic rings. The highest BCUT2D eigenvalue weighted by Gasteiger charge is 2.22. The van der Waals surface area contributed by atoms with Crippen LogP contribution in [0.1, 0.15) is 52.7 Å². The topological polar surface area (TPSA) is 26.0 Å². The highest BCUT2D eigenvalue weighted by Crippen LogP contribution is 2.36. The van der Waals surface area contributed by atoms with Gasteiger partial charge in [-0.3, -0.25) is 4.98 Å². The normalized spacial score (nSPS) is 12.5. The molecular weight excluding hydrogens is 354 g/mol. The molecule has 0 saturated heterocycles. The van der Waals surface area contributed by atoms with Crippen molar-refractivity contribution in [3.8, 4) is 22.6 Å². The molecule has 2 heteroatoms. The number of hydrogen-bond donors (Lipinski definition) is 0. The van der Waals surface area contributed by atoms with Crippen LogP contribution in [-0.4, -0.2) is 4.98 Å². The van der Waals surface area contributed by atoms with E-state index in [2.05, 4.69) is 82.9 Å². The van der Waals surface area contributed by atoms with Crippen LogP contribution >= 0.6 is 0 Å². The summed E-state index contributed by atoms with van der Waals surface area (Å²) in [5.74, 6) is 0.892. The minimum atomic E-state index is 0.0735. The van der Waals surface area contributed by atoms with Gasteiger partial charge in [-0.15, -0.1) is 0 Å². The Morgan fingerprint density at radius 3 is 1.90 bits per heavy atom. The number of hydrogen-bond acceptors (Lipinski definition) is 2. The first kappa shape index (κ1) is 19.4. The smallest absolute Gasteiger partial charge is 0.138 e. The highest BCUT2D eigenvalue weighted by molar-refractivity contribution is 5.85. The molecule has 0 atom stereocenters. The minimum Gasteiger partial charge on any atom is -0.456 e. The monoisotopic (exact) mass is 383 g/mol. The fourth-order valence-electron chi connectivity index (χ4n) is 3.48. The maximum absolute atomic E-state index is 6.31. The van der Waals surface area contributed by atoms with E-state index in [1.165, 1.54) is 11.1 Å². The van der Waals surface area contributed by atoms with Gasteiger partial charge in [0.1, 0.15) is 11.3 Å². The predicted octanol–water partition coefficient (Wildman–Crippen LogP) is 7.76. The summed E-state index contributed by atoms with van der Waals surface area (Å²) in [5.41, 5.74) is 6.81. The van der Waals surface area contributed by atoms with Gasteiger partial charge in [0.2, 0.25) is 0 Å². The Labute approximate surface area is 173 Å². The Morgan fingerprint density at radius 1 is 0.690 bits per heavy atom. The molecule has 2 heterocycles. The number of aromatic nitrogens is 1. The van der Waals surface area contributed by atoms with Crippen LogP contribution in [0.3, 0.4) is 0 Å². The zero-order chi connectivity index (χ0) is 20.8. The fourth-order valence-corrected chi connectivity index (χ4v) is 3.48. The third-order valence-corrected chi connectivity index (χ3v) is 5.42. The molecule has 148 valence electrons. The van der Waals surface area contributed by atoms with E-state index in [-0.39, 0.29) is 10.8 Å². The number of furan rings is 1. The van der Waals surface area contributed by atoms with Crippen molar-refractivity contribution in [1.29, 1.82) is 0 Å². The van der Waals surface area contributed by atoms with Crippen LogP contribution in [0.15, 0.2) is 71.3 Å². The molecule has 4 rings (SSSR count). The van der Waals surface area contributed by atoms with Gasteiger partial charge < -0.3 is 4.42 Å². The van der Waals surface area contributed by atoms with Gasteiger partial charge in [0, 0.05) is 28.8 Å². The minimum absolute atomic E-state index is 0.0735. The highest BCUT2D eigenvalue weighted by atomic mass is 16.3. The van der Waals surface area contributed by atoms with Crippen molar-refractivity contribution in [2.45, 2.75) is 52.4 Å². The van der Waals surface area contributed by atoms with E-state index in [4.69, 9.17) is 4.42 Å². The van der Waals surface area contributed by atoms with Crippen molar-refractivity contribution in [2.24, 2.45) is 0 Å². The van der Waals surface area contributed by atoms with Crippen LogP contribution in [0.2, 0.25) is 0 Å². The molecule has 0 amide bonds. The van der Waals surface area contributed by atoms with Gasteiger partial charge in [0.15, 0.2) is 0 Å². The van der Waals surface area contributed by atoms with E-state index in [0.717, 1.165) is 33.6 Å². The second kappa shape index (κ2) is 6.88. The van der Waals surface area contributed by atoms with Crippen LogP contribution < -0.4 is 0 Å². The molecule has 0 fully saturated rings. The lowest BCUT2D eigenvalue weighted by molar-refractivity contribution is 0.567. The van der Waals surface area contributed by atoms with Crippen LogP contribution in [0.4, 0.5) is 0 Å². The van der Waals surface area contributed by atoms with Gasteiger partial charge in [-0.25, -0.2) is 0 Å². The van der Waals surface area contributed by atoms with Crippen molar-refractivity contribution in [3.05, 3.63) is 78.0 Å². The van der Waals surface area contributed by atoms with Gasteiger partial charge in [0.25, 0.3) is 0 Å². The van der Waals surface area contributed by atoms with Crippen LogP contribution in [0.5, 0.6) is 0 Å². The first-order valence-electron chi connectivity index (χ1n) is 10.2. The molecular formula is C27H29NO. The average molecular weight is 384 g/mol. The molecule has 2 aromatic carbocycles. The van der Waals surface area contributed by atoms with Crippen LogP contribution in [-0.2, 0) is 10.8 Å². The Hall–Kier alpha value is -2.87. The van der Waals surface area contributed by atoms with Gasteiger partial charge in [-0.1, -0.05) is 77.9 Å². The van der Waals surface area contributed by atoms with Crippen LogP contribution in [0, 0.1) is 0 Å². The second-order valence-corrected chi connectivity index (χ2v) is 9.88. The average Bonchev–Trinajstić information content (AvgIpc) is 3.10. The van der Waals surface area contributed by atoms with Gasteiger partial charge >= 0.3 is 0 Å². The maximum Gasteiger partial charge on any atom is 0.138 e. The number of benzene rings is 2. The third-order valence-electron chi connectivity index (χ3n) is 5.42. The van der Waals surface area contributed by atoms with E-state index in [9.17, 15) is 0 Å². The molecule has 0 aliphatic heterocycles. The summed E-state index contributed by atoms with van der Waals surface area (Å²) in [7, 11) is 0. The number of rotatable bonds is 2. The second-order valence-electron chi connectivity index (χ2n) is 9.88. The van der Waals surface area contributed by atoms with Gasteiger partial charge in [-0.2, -0.15) is 0 Å². The number of pyridine rings is 1. The summed E-state index contributed by atoms with van der Waals surface area (Å²) in [6.45, 7) is 13.5. The van der Waals surface area contributed by atoms with Gasteiger partial charge in [0.05, 0.1) is 5.69 Å². The summed E-state index contributed by atoms with van der Waals surface area (Å²) in [4.78, 5) is 4.64.